The first-order valence-corrected chi connectivity index (χ1v) is 10.5. The number of aliphatic imine (C=N–C) groups is 1. The molecule has 5 nitrogen and oxygen atoms in total. The number of aliphatic hydroxyl groups is 1. The molecule has 0 bridgehead atoms. The molecule has 28 heavy (non-hydrogen) atoms. The number of hydrogen-bond acceptors (Lipinski definition) is 4. The minimum absolute atomic E-state index is 0. The number of thiophene rings is 1. The van der Waals surface area contributed by atoms with Crippen LogP contribution in [-0.4, -0.2) is 48.2 Å². The Hall–Kier alpha value is -1.03. The molecule has 2 N–H and O–H groups in total. The van der Waals surface area contributed by atoms with Crippen LogP contribution in [0.5, 0.6) is 5.75 Å². The van der Waals surface area contributed by atoms with Crippen molar-refractivity contribution in [2.75, 3.05) is 26.2 Å². The third-order valence-electron chi connectivity index (χ3n) is 4.46. The van der Waals surface area contributed by atoms with Crippen molar-refractivity contribution in [3.8, 4) is 5.75 Å². The molecule has 0 radical (unpaired) electrons. The number of rotatable bonds is 6. The van der Waals surface area contributed by atoms with Gasteiger partial charge >= 0.3 is 0 Å². The summed E-state index contributed by atoms with van der Waals surface area (Å²) in [5, 5.41) is 13.7. The van der Waals surface area contributed by atoms with Gasteiger partial charge in [-0.2, -0.15) is 0 Å². The van der Waals surface area contributed by atoms with Crippen LogP contribution < -0.4 is 10.1 Å². The predicted octanol–water partition coefficient (Wildman–Crippen LogP) is 4.56. The van der Waals surface area contributed by atoms with Gasteiger partial charge in [-0.25, -0.2) is 0 Å². The first-order valence-electron chi connectivity index (χ1n) is 9.34. The van der Waals surface area contributed by atoms with Crippen molar-refractivity contribution in [3.05, 3.63) is 51.7 Å². The molecule has 0 spiro atoms. The number of nitrogens with zero attached hydrogens (tertiary/aromatic N) is 2. The first kappa shape index (κ1) is 23.3. The molecule has 2 aromatic rings. The summed E-state index contributed by atoms with van der Waals surface area (Å²) in [6.45, 7) is 4.92. The normalized spacial score (nSPS) is 16.4. The molecule has 3 rings (SSSR count). The molecule has 1 fully saturated rings. The molecule has 1 aromatic carbocycles. The lowest BCUT2D eigenvalue weighted by atomic mass is 10.1. The van der Waals surface area contributed by atoms with E-state index in [9.17, 15) is 5.11 Å². The van der Waals surface area contributed by atoms with E-state index in [1.54, 1.807) is 6.07 Å². The second kappa shape index (κ2) is 11.8. The van der Waals surface area contributed by atoms with E-state index < -0.39 is 6.10 Å². The third-order valence-corrected chi connectivity index (χ3v) is 5.79. The standard InChI is InChI=1S/C20H26ClN3O2S.HI/c1-2-22-20(23-14-17(25)18-8-9-19(21)27-18)24-12-10-16(11-13-24)26-15-6-4-3-5-7-15;/h3-9,16-17,25H,2,10-14H2,1H3,(H,22,23);1H. The minimum Gasteiger partial charge on any atom is -0.490 e. The lowest BCUT2D eigenvalue weighted by Crippen LogP contribution is -2.47. The predicted molar refractivity (Wildman–Crippen MR) is 127 cm³/mol. The Morgan fingerprint density at radius 3 is 2.61 bits per heavy atom. The van der Waals surface area contributed by atoms with E-state index in [-0.39, 0.29) is 30.1 Å². The number of likely N-dealkylation sites (tertiary alicyclic amines) is 1. The van der Waals surface area contributed by atoms with Gasteiger partial charge in [-0.1, -0.05) is 29.8 Å². The van der Waals surface area contributed by atoms with E-state index in [4.69, 9.17) is 16.3 Å². The van der Waals surface area contributed by atoms with Crippen LogP contribution in [0.15, 0.2) is 47.5 Å². The number of halogens is 2. The molecule has 1 aliphatic heterocycles. The van der Waals surface area contributed by atoms with Crippen LogP contribution in [0.25, 0.3) is 0 Å². The fourth-order valence-corrected chi connectivity index (χ4v) is 4.11. The van der Waals surface area contributed by atoms with Crippen molar-refractivity contribution in [1.29, 1.82) is 0 Å². The van der Waals surface area contributed by atoms with Crippen LogP contribution in [0, 0.1) is 0 Å². The zero-order chi connectivity index (χ0) is 19.1. The van der Waals surface area contributed by atoms with Gasteiger partial charge in [0.05, 0.1) is 10.9 Å². The topological polar surface area (TPSA) is 57.1 Å². The van der Waals surface area contributed by atoms with Crippen molar-refractivity contribution in [3.63, 3.8) is 0 Å². The number of aliphatic hydroxyl groups excluding tert-OH is 1. The number of nitrogens with one attached hydrogen (secondary N) is 1. The number of piperidine rings is 1. The second-order valence-corrected chi connectivity index (χ2v) is 8.22. The zero-order valence-corrected chi connectivity index (χ0v) is 19.8. The van der Waals surface area contributed by atoms with Gasteiger partial charge in [0.15, 0.2) is 5.96 Å². The smallest absolute Gasteiger partial charge is 0.194 e. The Labute approximate surface area is 192 Å². The average molecular weight is 536 g/mol. The highest BCUT2D eigenvalue weighted by Gasteiger charge is 2.23. The monoisotopic (exact) mass is 535 g/mol. The summed E-state index contributed by atoms with van der Waals surface area (Å²) in [4.78, 5) is 7.72. The molecule has 1 atom stereocenters. The summed E-state index contributed by atoms with van der Waals surface area (Å²) in [5.41, 5.74) is 0. The van der Waals surface area contributed by atoms with Gasteiger partial charge in [0.25, 0.3) is 0 Å². The SMILES string of the molecule is CCNC(=NCC(O)c1ccc(Cl)s1)N1CCC(Oc2ccccc2)CC1.I. The number of ether oxygens (including phenoxy) is 1. The maximum absolute atomic E-state index is 10.3. The zero-order valence-electron chi connectivity index (χ0n) is 15.9. The molecule has 154 valence electrons. The maximum Gasteiger partial charge on any atom is 0.194 e. The molecule has 0 aliphatic carbocycles. The van der Waals surface area contributed by atoms with Crippen molar-refractivity contribution in [1.82, 2.24) is 10.2 Å². The molecule has 1 saturated heterocycles. The molecule has 2 heterocycles. The minimum atomic E-state index is -0.630. The van der Waals surface area contributed by atoms with Crippen molar-refractivity contribution in [2.45, 2.75) is 32.0 Å². The van der Waals surface area contributed by atoms with Crippen molar-refractivity contribution < 1.29 is 9.84 Å². The largest absolute Gasteiger partial charge is 0.490 e. The highest BCUT2D eigenvalue weighted by Crippen LogP contribution is 2.27. The van der Waals surface area contributed by atoms with Gasteiger partial charge in [-0.3, -0.25) is 4.99 Å². The lowest BCUT2D eigenvalue weighted by molar-refractivity contribution is 0.129. The van der Waals surface area contributed by atoms with Crippen molar-refractivity contribution >= 4 is 52.9 Å². The summed E-state index contributed by atoms with van der Waals surface area (Å²) < 4.78 is 6.74. The first-order chi connectivity index (χ1) is 13.2. The number of hydrogen-bond donors (Lipinski definition) is 2. The van der Waals surface area contributed by atoms with Crippen LogP contribution >= 0.6 is 46.9 Å². The van der Waals surface area contributed by atoms with Crippen LogP contribution in [0.2, 0.25) is 4.34 Å². The molecular formula is C20H27ClIN3O2S. The van der Waals surface area contributed by atoms with Crippen LogP contribution in [0.3, 0.4) is 0 Å². The van der Waals surface area contributed by atoms with E-state index in [0.29, 0.717) is 10.9 Å². The van der Waals surface area contributed by atoms with Gasteiger partial charge in [-0.05, 0) is 31.2 Å². The Morgan fingerprint density at radius 2 is 2.00 bits per heavy atom. The van der Waals surface area contributed by atoms with Crippen LogP contribution in [-0.2, 0) is 0 Å². The van der Waals surface area contributed by atoms with E-state index >= 15 is 0 Å². The summed E-state index contributed by atoms with van der Waals surface area (Å²) in [7, 11) is 0. The molecule has 1 unspecified atom stereocenters. The van der Waals surface area contributed by atoms with Gasteiger partial charge in [0.2, 0.25) is 0 Å². The summed E-state index contributed by atoms with van der Waals surface area (Å²) in [5.74, 6) is 1.77. The van der Waals surface area contributed by atoms with E-state index in [2.05, 4.69) is 22.1 Å². The van der Waals surface area contributed by atoms with E-state index in [1.165, 1.54) is 11.3 Å². The van der Waals surface area contributed by atoms with Crippen LogP contribution in [0.1, 0.15) is 30.7 Å². The van der Waals surface area contributed by atoms with Crippen molar-refractivity contribution in [2.24, 2.45) is 4.99 Å². The molecular weight excluding hydrogens is 509 g/mol. The average Bonchev–Trinajstić information content (AvgIpc) is 3.13. The van der Waals surface area contributed by atoms with Gasteiger partial charge in [0.1, 0.15) is 18.0 Å². The summed E-state index contributed by atoms with van der Waals surface area (Å²) in [6.07, 6.45) is 1.49. The Kier molecular flexibility index (Phi) is 9.84. The molecule has 1 aromatic heterocycles. The Balaban J connectivity index is 0.00000280. The van der Waals surface area contributed by atoms with Gasteiger partial charge in [-0.15, -0.1) is 35.3 Å². The fraction of sp³-hybridized carbons (Fsp3) is 0.450. The third kappa shape index (κ3) is 6.79. The molecule has 8 heteroatoms. The van der Waals surface area contributed by atoms with Gasteiger partial charge in [0, 0.05) is 37.4 Å². The quantitative estimate of drug-likeness (QED) is 0.323. The number of guanidine groups is 1. The van der Waals surface area contributed by atoms with E-state index in [0.717, 1.165) is 49.1 Å². The van der Waals surface area contributed by atoms with Crippen LogP contribution in [0.4, 0.5) is 0 Å². The second-order valence-electron chi connectivity index (χ2n) is 6.47. The molecule has 0 saturated carbocycles. The highest BCUT2D eigenvalue weighted by atomic mass is 127. The van der Waals surface area contributed by atoms with E-state index in [1.807, 2.05) is 36.4 Å². The molecule has 0 amide bonds. The highest BCUT2D eigenvalue weighted by molar-refractivity contribution is 14.0. The number of para-hydroxylation sites is 1. The Morgan fingerprint density at radius 1 is 1.29 bits per heavy atom. The fourth-order valence-electron chi connectivity index (χ4n) is 3.07. The summed E-state index contributed by atoms with van der Waals surface area (Å²) >= 11 is 7.34. The maximum atomic E-state index is 10.3. The number of benzene rings is 1. The molecule has 1 aliphatic rings. The van der Waals surface area contributed by atoms with Gasteiger partial charge < -0.3 is 20.1 Å². The lowest BCUT2D eigenvalue weighted by Gasteiger charge is -2.34. The Bertz CT molecular complexity index is 736. The summed E-state index contributed by atoms with van der Waals surface area (Å²) in [6, 6.07) is 13.6.